The van der Waals surface area contributed by atoms with Gasteiger partial charge in [0, 0.05) is 25.0 Å². The second-order valence-corrected chi connectivity index (χ2v) is 6.01. The van der Waals surface area contributed by atoms with Crippen LogP contribution in [0.1, 0.15) is 57.8 Å². The molecule has 1 aromatic heterocycles. The largest absolute Gasteiger partial charge is 0.353 e. The van der Waals surface area contributed by atoms with Crippen LogP contribution >= 0.6 is 0 Å². The smallest absolute Gasteiger partial charge is 0.202 e. The summed E-state index contributed by atoms with van der Waals surface area (Å²) in [5, 5.41) is 3.62. The number of rotatable bonds is 5. The van der Waals surface area contributed by atoms with Gasteiger partial charge in [-0.2, -0.15) is 0 Å². The molecule has 0 spiro atoms. The Bertz CT molecular complexity index is 360. The van der Waals surface area contributed by atoms with Crippen molar-refractivity contribution in [3.05, 3.63) is 12.4 Å². The van der Waals surface area contributed by atoms with Crippen LogP contribution in [0.15, 0.2) is 12.4 Å². The first-order valence-electron chi connectivity index (χ1n) is 7.69. The Kier molecular flexibility index (Phi) is 3.87. The molecular weight excluding hydrogens is 222 g/mol. The van der Waals surface area contributed by atoms with Gasteiger partial charge in [0.25, 0.3) is 0 Å². The zero-order valence-corrected chi connectivity index (χ0v) is 11.3. The van der Waals surface area contributed by atoms with Crippen molar-refractivity contribution in [2.75, 3.05) is 5.32 Å². The summed E-state index contributed by atoms with van der Waals surface area (Å²) in [6, 6.07) is 0.664. The van der Waals surface area contributed by atoms with Crippen molar-refractivity contribution in [2.45, 2.75) is 70.4 Å². The fraction of sp³-hybridized carbons (Fsp3) is 0.800. The highest BCUT2D eigenvalue weighted by atomic mass is 15.2. The lowest BCUT2D eigenvalue weighted by atomic mass is 10.0. The Balaban J connectivity index is 1.53. The van der Waals surface area contributed by atoms with Crippen molar-refractivity contribution in [1.29, 1.82) is 0 Å². The van der Waals surface area contributed by atoms with Crippen LogP contribution < -0.4 is 5.32 Å². The number of aryl methyl sites for hydroxylation is 1. The van der Waals surface area contributed by atoms with E-state index in [1.807, 2.05) is 6.20 Å². The molecule has 2 aliphatic rings. The van der Waals surface area contributed by atoms with Crippen molar-refractivity contribution in [3.63, 3.8) is 0 Å². The summed E-state index contributed by atoms with van der Waals surface area (Å²) in [5.74, 6) is 2.06. The molecular formula is C15H25N3. The summed E-state index contributed by atoms with van der Waals surface area (Å²) in [4.78, 5) is 4.48. The van der Waals surface area contributed by atoms with Gasteiger partial charge >= 0.3 is 0 Å². The number of imidazole rings is 1. The van der Waals surface area contributed by atoms with Gasteiger partial charge in [0.05, 0.1) is 0 Å². The van der Waals surface area contributed by atoms with Gasteiger partial charge in [0.1, 0.15) is 0 Å². The highest BCUT2D eigenvalue weighted by Gasteiger charge is 2.18. The molecule has 1 N–H and O–H groups in total. The van der Waals surface area contributed by atoms with Gasteiger partial charge in [0.15, 0.2) is 0 Å². The zero-order chi connectivity index (χ0) is 12.2. The quantitative estimate of drug-likeness (QED) is 0.857. The van der Waals surface area contributed by atoms with Crippen molar-refractivity contribution < 1.29 is 0 Å². The average Bonchev–Trinajstić information content (AvgIpc) is 3.10. The first kappa shape index (κ1) is 12.1. The Morgan fingerprint density at radius 2 is 1.83 bits per heavy atom. The molecule has 100 valence electrons. The van der Waals surface area contributed by atoms with Crippen LogP contribution in [0, 0.1) is 5.92 Å². The molecule has 0 amide bonds. The number of nitrogens with one attached hydrogen (secondary N) is 1. The topological polar surface area (TPSA) is 29.9 Å². The molecule has 1 aromatic rings. The van der Waals surface area contributed by atoms with Gasteiger partial charge in [0.2, 0.25) is 5.95 Å². The third-order valence-corrected chi connectivity index (χ3v) is 4.66. The number of nitrogens with zero attached hydrogens (tertiary/aromatic N) is 2. The van der Waals surface area contributed by atoms with E-state index in [0.29, 0.717) is 6.04 Å². The highest BCUT2D eigenvalue weighted by Crippen LogP contribution is 2.28. The Hall–Kier alpha value is -0.990. The highest BCUT2D eigenvalue weighted by molar-refractivity contribution is 5.27. The maximum absolute atomic E-state index is 4.48. The lowest BCUT2D eigenvalue weighted by Gasteiger charge is -2.16. The summed E-state index contributed by atoms with van der Waals surface area (Å²) in [6.07, 6.45) is 16.6. The van der Waals surface area contributed by atoms with Crippen LogP contribution in [0.5, 0.6) is 0 Å². The summed E-state index contributed by atoms with van der Waals surface area (Å²) >= 11 is 0. The molecule has 0 atom stereocenters. The molecule has 3 heteroatoms. The van der Waals surface area contributed by atoms with Crippen LogP contribution in [0.2, 0.25) is 0 Å². The summed E-state index contributed by atoms with van der Waals surface area (Å²) in [5.41, 5.74) is 0. The first-order valence-corrected chi connectivity index (χ1v) is 7.69. The van der Waals surface area contributed by atoms with E-state index in [1.54, 1.807) is 0 Å². The van der Waals surface area contributed by atoms with E-state index in [1.165, 1.54) is 57.8 Å². The first-order chi connectivity index (χ1) is 8.92. The van der Waals surface area contributed by atoms with Gasteiger partial charge in [-0.05, 0) is 25.2 Å². The van der Waals surface area contributed by atoms with Gasteiger partial charge in [-0.3, -0.25) is 0 Å². The van der Waals surface area contributed by atoms with E-state index < -0.39 is 0 Å². The number of hydrogen-bond acceptors (Lipinski definition) is 2. The van der Waals surface area contributed by atoms with Crippen molar-refractivity contribution in [2.24, 2.45) is 5.92 Å². The third kappa shape index (κ3) is 2.88. The Morgan fingerprint density at radius 1 is 1.11 bits per heavy atom. The van der Waals surface area contributed by atoms with Gasteiger partial charge < -0.3 is 9.88 Å². The molecule has 0 aliphatic heterocycles. The van der Waals surface area contributed by atoms with E-state index in [4.69, 9.17) is 0 Å². The maximum atomic E-state index is 4.48. The molecule has 2 aliphatic carbocycles. The molecule has 3 rings (SSSR count). The Labute approximate surface area is 110 Å². The van der Waals surface area contributed by atoms with Crippen LogP contribution in [-0.2, 0) is 6.54 Å². The minimum Gasteiger partial charge on any atom is -0.353 e. The fourth-order valence-electron chi connectivity index (χ4n) is 3.50. The second-order valence-electron chi connectivity index (χ2n) is 6.01. The zero-order valence-electron chi connectivity index (χ0n) is 11.3. The van der Waals surface area contributed by atoms with Crippen LogP contribution in [0.25, 0.3) is 0 Å². The van der Waals surface area contributed by atoms with Crippen molar-refractivity contribution in [3.8, 4) is 0 Å². The molecule has 2 saturated carbocycles. The number of anilines is 1. The molecule has 3 nitrogen and oxygen atoms in total. The number of aromatic nitrogens is 2. The van der Waals surface area contributed by atoms with E-state index in [-0.39, 0.29) is 0 Å². The van der Waals surface area contributed by atoms with E-state index in [2.05, 4.69) is 21.1 Å². The minimum absolute atomic E-state index is 0.664. The summed E-state index contributed by atoms with van der Waals surface area (Å²) < 4.78 is 2.32. The standard InChI is InChI=1S/C15H25N3/c1-2-6-13(5-1)9-11-18-12-10-16-15(18)17-14-7-3-4-8-14/h10,12-14H,1-9,11H2,(H,16,17). The molecule has 0 unspecified atom stereocenters. The molecule has 0 bridgehead atoms. The van der Waals surface area contributed by atoms with Crippen molar-refractivity contribution in [1.82, 2.24) is 9.55 Å². The molecule has 0 radical (unpaired) electrons. The third-order valence-electron chi connectivity index (χ3n) is 4.66. The van der Waals surface area contributed by atoms with Gasteiger partial charge in [-0.1, -0.05) is 38.5 Å². The second kappa shape index (κ2) is 5.77. The fourth-order valence-corrected chi connectivity index (χ4v) is 3.50. The summed E-state index contributed by atoms with van der Waals surface area (Å²) in [7, 11) is 0. The van der Waals surface area contributed by atoms with Crippen LogP contribution in [-0.4, -0.2) is 15.6 Å². The predicted molar refractivity (Wildman–Crippen MR) is 74.7 cm³/mol. The lowest BCUT2D eigenvalue weighted by Crippen LogP contribution is -2.18. The normalized spacial score (nSPS) is 21.8. The summed E-state index contributed by atoms with van der Waals surface area (Å²) in [6.45, 7) is 1.14. The molecule has 18 heavy (non-hydrogen) atoms. The number of hydrogen-bond donors (Lipinski definition) is 1. The van der Waals surface area contributed by atoms with E-state index in [0.717, 1.165) is 18.4 Å². The lowest BCUT2D eigenvalue weighted by molar-refractivity contribution is 0.459. The average molecular weight is 247 g/mol. The SMILES string of the molecule is c1cn(CCC2CCCC2)c(NC2CCCC2)n1. The van der Waals surface area contributed by atoms with Crippen LogP contribution in [0.4, 0.5) is 5.95 Å². The van der Waals surface area contributed by atoms with Gasteiger partial charge in [-0.15, -0.1) is 0 Å². The van der Waals surface area contributed by atoms with Crippen LogP contribution in [0.3, 0.4) is 0 Å². The van der Waals surface area contributed by atoms with E-state index >= 15 is 0 Å². The molecule has 0 aromatic carbocycles. The van der Waals surface area contributed by atoms with Gasteiger partial charge in [-0.25, -0.2) is 4.98 Å². The molecule has 0 saturated heterocycles. The predicted octanol–water partition coefficient (Wildman–Crippen LogP) is 3.82. The monoisotopic (exact) mass is 247 g/mol. The minimum atomic E-state index is 0.664. The van der Waals surface area contributed by atoms with Crippen molar-refractivity contribution >= 4 is 5.95 Å². The maximum Gasteiger partial charge on any atom is 0.202 e. The molecule has 2 fully saturated rings. The van der Waals surface area contributed by atoms with E-state index in [9.17, 15) is 0 Å². The Morgan fingerprint density at radius 3 is 2.61 bits per heavy atom. The molecule has 1 heterocycles.